The maximum absolute atomic E-state index is 12.7. The lowest BCUT2D eigenvalue weighted by atomic mass is 10.1. The van der Waals surface area contributed by atoms with Gasteiger partial charge in [-0.25, -0.2) is 0 Å². The summed E-state index contributed by atoms with van der Waals surface area (Å²) in [5.41, 5.74) is 3.73. The summed E-state index contributed by atoms with van der Waals surface area (Å²) in [5.74, 6) is -0.187. The van der Waals surface area contributed by atoms with Gasteiger partial charge in [-0.05, 0) is 62.1 Å². The Morgan fingerprint density at radius 1 is 1.04 bits per heavy atom. The van der Waals surface area contributed by atoms with Crippen molar-refractivity contribution in [2.24, 2.45) is 0 Å². The van der Waals surface area contributed by atoms with Crippen LogP contribution >= 0.6 is 0 Å². The Labute approximate surface area is 142 Å². The molecule has 0 spiro atoms. The van der Waals surface area contributed by atoms with E-state index in [4.69, 9.17) is 0 Å². The van der Waals surface area contributed by atoms with Crippen molar-refractivity contribution in [2.75, 3.05) is 11.9 Å². The Balaban J connectivity index is 1.74. The average molecular weight is 322 g/mol. The molecule has 0 unspecified atom stereocenters. The van der Waals surface area contributed by atoms with Gasteiger partial charge in [-0.15, -0.1) is 0 Å². The highest BCUT2D eigenvalue weighted by molar-refractivity contribution is 6.01. The van der Waals surface area contributed by atoms with E-state index in [1.165, 1.54) is 5.56 Å². The number of aryl methyl sites for hydroxylation is 2. The molecule has 1 N–H and O–H groups in total. The number of nitrogens with zero attached hydrogens (tertiary/aromatic N) is 1. The summed E-state index contributed by atoms with van der Waals surface area (Å²) in [6.45, 7) is 4.68. The normalized spacial score (nSPS) is 16.9. The molecule has 1 heterocycles. The molecule has 1 atom stereocenters. The second kappa shape index (κ2) is 6.87. The first-order chi connectivity index (χ1) is 11.6. The van der Waals surface area contributed by atoms with E-state index in [-0.39, 0.29) is 11.8 Å². The van der Waals surface area contributed by atoms with Gasteiger partial charge in [0.15, 0.2) is 0 Å². The van der Waals surface area contributed by atoms with Crippen LogP contribution < -0.4 is 5.32 Å². The molecule has 2 aromatic carbocycles. The summed E-state index contributed by atoms with van der Waals surface area (Å²) in [4.78, 5) is 27.0. The molecule has 0 aliphatic carbocycles. The molecule has 0 bridgehead atoms. The third kappa shape index (κ3) is 3.32. The lowest BCUT2D eigenvalue weighted by Gasteiger charge is -2.24. The zero-order valence-corrected chi connectivity index (χ0v) is 14.1. The van der Waals surface area contributed by atoms with Crippen molar-refractivity contribution >= 4 is 17.5 Å². The molecule has 4 nitrogen and oxygen atoms in total. The Hall–Kier alpha value is -2.62. The van der Waals surface area contributed by atoms with Crippen molar-refractivity contribution in [2.45, 2.75) is 32.7 Å². The monoisotopic (exact) mass is 322 g/mol. The van der Waals surface area contributed by atoms with Crippen LogP contribution in [0.15, 0.2) is 48.5 Å². The van der Waals surface area contributed by atoms with Crippen LogP contribution in [0.4, 0.5) is 5.69 Å². The number of likely N-dealkylation sites (tertiary alicyclic amines) is 1. The molecule has 0 radical (unpaired) electrons. The third-order valence-electron chi connectivity index (χ3n) is 4.61. The largest absolute Gasteiger partial charge is 0.327 e. The van der Waals surface area contributed by atoms with Crippen LogP contribution in [0, 0.1) is 13.8 Å². The molecule has 24 heavy (non-hydrogen) atoms. The lowest BCUT2D eigenvalue weighted by molar-refractivity contribution is -0.119. The van der Waals surface area contributed by atoms with E-state index in [0.717, 1.165) is 17.7 Å². The molecule has 2 aromatic rings. The van der Waals surface area contributed by atoms with E-state index in [2.05, 4.69) is 5.32 Å². The molecular formula is C20H22N2O2. The predicted octanol–water partition coefficient (Wildman–Crippen LogP) is 3.55. The Morgan fingerprint density at radius 3 is 2.50 bits per heavy atom. The second-order valence-corrected chi connectivity index (χ2v) is 6.31. The minimum atomic E-state index is -0.403. The zero-order chi connectivity index (χ0) is 17.1. The zero-order valence-electron chi connectivity index (χ0n) is 14.1. The van der Waals surface area contributed by atoms with Crippen LogP contribution in [0.3, 0.4) is 0 Å². The molecular weight excluding hydrogens is 300 g/mol. The van der Waals surface area contributed by atoms with Crippen molar-refractivity contribution in [3.05, 3.63) is 65.2 Å². The van der Waals surface area contributed by atoms with Crippen LogP contribution in [0.5, 0.6) is 0 Å². The van der Waals surface area contributed by atoms with Crippen molar-refractivity contribution in [3.8, 4) is 0 Å². The molecule has 2 amide bonds. The number of anilines is 1. The molecule has 1 aliphatic rings. The van der Waals surface area contributed by atoms with E-state index < -0.39 is 6.04 Å². The predicted molar refractivity (Wildman–Crippen MR) is 95.0 cm³/mol. The molecule has 1 fully saturated rings. The summed E-state index contributed by atoms with van der Waals surface area (Å²) in [6, 6.07) is 14.6. The summed E-state index contributed by atoms with van der Waals surface area (Å²) < 4.78 is 0. The second-order valence-electron chi connectivity index (χ2n) is 6.31. The SMILES string of the molecule is Cc1ccc(NC(=O)[C@H]2CCCN2C(=O)c2ccccc2)cc1C. The standard InChI is InChI=1S/C20H22N2O2/c1-14-10-11-17(13-15(14)2)21-19(23)18-9-6-12-22(18)20(24)16-7-4-3-5-8-16/h3-5,7-8,10-11,13,18H,6,9,12H2,1-2H3,(H,21,23)/t18-/m1/s1. The fourth-order valence-corrected chi connectivity index (χ4v) is 3.07. The van der Waals surface area contributed by atoms with E-state index in [0.29, 0.717) is 18.5 Å². The molecule has 0 aromatic heterocycles. The first-order valence-corrected chi connectivity index (χ1v) is 8.30. The van der Waals surface area contributed by atoms with E-state index in [9.17, 15) is 9.59 Å². The average Bonchev–Trinajstić information content (AvgIpc) is 3.08. The van der Waals surface area contributed by atoms with Gasteiger partial charge >= 0.3 is 0 Å². The highest BCUT2D eigenvalue weighted by Gasteiger charge is 2.34. The van der Waals surface area contributed by atoms with E-state index in [1.807, 2.05) is 50.2 Å². The van der Waals surface area contributed by atoms with Crippen LogP contribution in [-0.2, 0) is 4.79 Å². The number of carbonyl (C=O) groups is 2. The fraction of sp³-hybridized carbons (Fsp3) is 0.300. The van der Waals surface area contributed by atoms with Gasteiger partial charge in [-0.3, -0.25) is 9.59 Å². The number of hydrogen-bond donors (Lipinski definition) is 1. The number of amides is 2. The number of nitrogens with one attached hydrogen (secondary N) is 1. The number of hydrogen-bond acceptors (Lipinski definition) is 2. The molecule has 1 saturated heterocycles. The number of rotatable bonds is 3. The van der Waals surface area contributed by atoms with Gasteiger partial charge in [0.1, 0.15) is 6.04 Å². The van der Waals surface area contributed by atoms with Gasteiger partial charge in [-0.1, -0.05) is 24.3 Å². The van der Waals surface area contributed by atoms with Crippen LogP contribution in [-0.4, -0.2) is 29.3 Å². The minimum absolute atomic E-state index is 0.0756. The first-order valence-electron chi connectivity index (χ1n) is 8.30. The molecule has 124 valence electrons. The van der Waals surface area contributed by atoms with Crippen molar-refractivity contribution in [3.63, 3.8) is 0 Å². The van der Waals surface area contributed by atoms with Gasteiger partial charge in [-0.2, -0.15) is 0 Å². The lowest BCUT2D eigenvalue weighted by Crippen LogP contribution is -2.43. The van der Waals surface area contributed by atoms with Crippen molar-refractivity contribution in [1.82, 2.24) is 4.90 Å². The van der Waals surface area contributed by atoms with Gasteiger partial charge in [0, 0.05) is 17.8 Å². The van der Waals surface area contributed by atoms with E-state index >= 15 is 0 Å². The number of benzene rings is 2. The van der Waals surface area contributed by atoms with Crippen molar-refractivity contribution in [1.29, 1.82) is 0 Å². The quantitative estimate of drug-likeness (QED) is 0.939. The minimum Gasteiger partial charge on any atom is -0.327 e. The summed E-state index contributed by atoms with van der Waals surface area (Å²) >= 11 is 0. The summed E-state index contributed by atoms with van der Waals surface area (Å²) in [7, 11) is 0. The topological polar surface area (TPSA) is 49.4 Å². The van der Waals surface area contributed by atoms with Crippen molar-refractivity contribution < 1.29 is 9.59 Å². The summed E-state index contributed by atoms with van der Waals surface area (Å²) in [6.07, 6.45) is 1.55. The molecule has 0 saturated carbocycles. The van der Waals surface area contributed by atoms with Gasteiger partial charge in [0.2, 0.25) is 5.91 Å². The number of carbonyl (C=O) groups excluding carboxylic acids is 2. The van der Waals surface area contributed by atoms with Crippen LogP contribution in [0.1, 0.15) is 34.3 Å². The highest BCUT2D eigenvalue weighted by Crippen LogP contribution is 2.22. The Kier molecular flexibility index (Phi) is 4.65. The van der Waals surface area contributed by atoms with Crippen LogP contribution in [0.25, 0.3) is 0 Å². The summed E-state index contributed by atoms with van der Waals surface area (Å²) in [5, 5.41) is 2.96. The fourth-order valence-electron chi connectivity index (χ4n) is 3.07. The maximum Gasteiger partial charge on any atom is 0.254 e. The highest BCUT2D eigenvalue weighted by atomic mass is 16.2. The third-order valence-corrected chi connectivity index (χ3v) is 4.61. The van der Waals surface area contributed by atoms with E-state index in [1.54, 1.807) is 17.0 Å². The van der Waals surface area contributed by atoms with Gasteiger partial charge in [0.25, 0.3) is 5.91 Å². The molecule has 4 heteroatoms. The van der Waals surface area contributed by atoms with Gasteiger partial charge < -0.3 is 10.2 Å². The smallest absolute Gasteiger partial charge is 0.254 e. The van der Waals surface area contributed by atoms with Gasteiger partial charge in [0.05, 0.1) is 0 Å². The Bertz CT molecular complexity index is 755. The Morgan fingerprint density at radius 2 is 1.79 bits per heavy atom. The maximum atomic E-state index is 12.7. The van der Waals surface area contributed by atoms with Crippen LogP contribution in [0.2, 0.25) is 0 Å². The first kappa shape index (κ1) is 16.2. The molecule has 1 aliphatic heterocycles. The molecule has 3 rings (SSSR count).